The van der Waals surface area contributed by atoms with E-state index in [0.717, 1.165) is 5.56 Å². The molecular formula is C19H20ClN3O4. The minimum absolute atomic E-state index is 0.0814. The normalized spacial score (nSPS) is 10.4. The molecule has 8 heteroatoms. The first-order valence-corrected chi connectivity index (χ1v) is 8.68. The fourth-order valence-electron chi connectivity index (χ4n) is 2.12. The molecule has 2 amide bonds. The third-order valence-corrected chi connectivity index (χ3v) is 3.81. The Morgan fingerprint density at radius 3 is 2.48 bits per heavy atom. The van der Waals surface area contributed by atoms with Crippen LogP contribution < -0.4 is 10.6 Å². The molecule has 0 aliphatic heterocycles. The number of nitrogens with one attached hydrogen (secondary N) is 2. The Balaban J connectivity index is 1.73. The van der Waals surface area contributed by atoms with Gasteiger partial charge in [-0.1, -0.05) is 37.6 Å². The lowest BCUT2D eigenvalue weighted by Gasteiger charge is -2.09. The van der Waals surface area contributed by atoms with E-state index in [1.54, 1.807) is 12.1 Å². The number of halogens is 1. The molecule has 0 unspecified atom stereocenters. The van der Waals surface area contributed by atoms with Crippen molar-refractivity contribution in [3.63, 3.8) is 0 Å². The van der Waals surface area contributed by atoms with Gasteiger partial charge >= 0.3 is 5.97 Å². The largest absolute Gasteiger partial charge is 0.454 e. The Kier molecular flexibility index (Phi) is 7.31. The lowest BCUT2D eigenvalue weighted by molar-refractivity contribution is -0.146. The molecule has 0 fully saturated rings. The number of benzene rings is 1. The van der Waals surface area contributed by atoms with Crippen molar-refractivity contribution in [2.24, 2.45) is 0 Å². The van der Waals surface area contributed by atoms with Gasteiger partial charge in [0.05, 0.1) is 0 Å². The average Bonchev–Trinajstić information content (AvgIpc) is 2.64. The van der Waals surface area contributed by atoms with Crippen LogP contribution in [0.4, 0.5) is 5.69 Å². The van der Waals surface area contributed by atoms with Crippen LogP contribution in [0.1, 0.15) is 35.8 Å². The Bertz CT molecular complexity index is 822. The molecule has 27 heavy (non-hydrogen) atoms. The fraction of sp³-hybridized carbons (Fsp3) is 0.263. The Morgan fingerprint density at radius 1 is 1.15 bits per heavy atom. The van der Waals surface area contributed by atoms with Crippen LogP contribution in [0.5, 0.6) is 0 Å². The summed E-state index contributed by atoms with van der Waals surface area (Å²) in [6.07, 6.45) is 1.38. The molecule has 0 radical (unpaired) electrons. The highest BCUT2D eigenvalue weighted by Crippen LogP contribution is 2.17. The number of ether oxygens (including phenoxy) is 1. The zero-order valence-corrected chi connectivity index (χ0v) is 15.7. The summed E-state index contributed by atoms with van der Waals surface area (Å²) in [4.78, 5) is 39.2. The van der Waals surface area contributed by atoms with Crippen molar-refractivity contribution in [3.8, 4) is 0 Å². The van der Waals surface area contributed by atoms with Crippen LogP contribution in [0, 0.1) is 0 Å². The van der Waals surface area contributed by atoms with Crippen molar-refractivity contribution < 1.29 is 19.1 Å². The number of esters is 1. The van der Waals surface area contributed by atoms with E-state index in [4.69, 9.17) is 16.3 Å². The number of nitrogens with zero attached hydrogens (tertiary/aromatic N) is 1. The number of hydrogen-bond donors (Lipinski definition) is 2. The minimum Gasteiger partial charge on any atom is -0.454 e. The number of rotatable bonds is 7. The molecule has 0 atom stereocenters. The van der Waals surface area contributed by atoms with Gasteiger partial charge in [-0.3, -0.25) is 19.4 Å². The van der Waals surface area contributed by atoms with Crippen LogP contribution in [0.3, 0.4) is 0 Å². The fourth-order valence-corrected chi connectivity index (χ4v) is 2.28. The molecule has 0 saturated heterocycles. The molecule has 2 aromatic rings. The van der Waals surface area contributed by atoms with Gasteiger partial charge in [0.25, 0.3) is 11.8 Å². The molecule has 7 nitrogen and oxygen atoms in total. The molecule has 1 heterocycles. The highest BCUT2D eigenvalue weighted by molar-refractivity contribution is 6.30. The molecule has 2 N–H and O–H groups in total. The molecule has 0 spiro atoms. The maximum Gasteiger partial charge on any atom is 0.325 e. The quantitative estimate of drug-likeness (QED) is 0.709. The van der Waals surface area contributed by atoms with Gasteiger partial charge < -0.3 is 15.4 Å². The smallest absolute Gasteiger partial charge is 0.325 e. The molecule has 0 aliphatic rings. The van der Waals surface area contributed by atoms with Crippen molar-refractivity contribution in [3.05, 3.63) is 58.9 Å². The highest BCUT2D eigenvalue weighted by Gasteiger charge is 2.12. The van der Waals surface area contributed by atoms with E-state index in [1.807, 2.05) is 12.1 Å². The van der Waals surface area contributed by atoms with Crippen LogP contribution in [0.15, 0.2) is 42.6 Å². The molecule has 142 valence electrons. The van der Waals surface area contributed by atoms with Crippen LogP contribution >= 0.6 is 11.6 Å². The number of anilines is 1. The number of pyridine rings is 1. The number of carbonyl (C=O) groups is 3. The van der Waals surface area contributed by atoms with Crippen molar-refractivity contribution >= 4 is 35.1 Å². The maximum atomic E-state index is 11.8. The lowest BCUT2D eigenvalue weighted by atomic mass is 10.0. The van der Waals surface area contributed by atoms with Gasteiger partial charge in [-0.15, -0.1) is 0 Å². The van der Waals surface area contributed by atoms with E-state index >= 15 is 0 Å². The monoisotopic (exact) mass is 389 g/mol. The van der Waals surface area contributed by atoms with Crippen molar-refractivity contribution in [1.29, 1.82) is 0 Å². The first-order valence-electron chi connectivity index (χ1n) is 8.30. The number of hydrogen-bond acceptors (Lipinski definition) is 5. The summed E-state index contributed by atoms with van der Waals surface area (Å²) < 4.78 is 4.84. The second kappa shape index (κ2) is 9.68. The van der Waals surface area contributed by atoms with Crippen LogP contribution in [-0.4, -0.2) is 35.9 Å². The predicted octanol–water partition coefficient (Wildman–Crippen LogP) is 2.77. The second-order valence-electron chi connectivity index (χ2n) is 6.03. The summed E-state index contributed by atoms with van der Waals surface area (Å²) in [7, 11) is 0. The molecular weight excluding hydrogens is 370 g/mol. The van der Waals surface area contributed by atoms with Gasteiger partial charge in [0.1, 0.15) is 12.2 Å². The van der Waals surface area contributed by atoms with Gasteiger partial charge in [-0.05, 0) is 35.7 Å². The summed E-state index contributed by atoms with van der Waals surface area (Å²) in [5.74, 6) is -1.38. The Morgan fingerprint density at radius 2 is 1.85 bits per heavy atom. The predicted molar refractivity (Wildman–Crippen MR) is 102 cm³/mol. The van der Waals surface area contributed by atoms with Crippen molar-refractivity contribution in [2.45, 2.75) is 19.8 Å². The Labute approximate surface area is 162 Å². The first kappa shape index (κ1) is 20.4. The summed E-state index contributed by atoms with van der Waals surface area (Å²) in [5.41, 5.74) is 1.85. The molecule has 0 aliphatic carbocycles. The highest BCUT2D eigenvalue weighted by atomic mass is 35.5. The topological polar surface area (TPSA) is 97.4 Å². The van der Waals surface area contributed by atoms with E-state index in [-0.39, 0.29) is 12.2 Å². The van der Waals surface area contributed by atoms with Gasteiger partial charge in [-0.2, -0.15) is 0 Å². The van der Waals surface area contributed by atoms with E-state index in [9.17, 15) is 14.4 Å². The van der Waals surface area contributed by atoms with E-state index in [0.29, 0.717) is 16.6 Å². The van der Waals surface area contributed by atoms with Crippen molar-refractivity contribution in [1.82, 2.24) is 10.3 Å². The lowest BCUT2D eigenvalue weighted by Crippen LogP contribution is -2.32. The zero-order valence-electron chi connectivity index (χ0n) is 15.0. The average molecular weight is 390 g/mol. The van der Waals surface area contributed by atoms with Crippen LogP contribution in [-0.2, 0) is 14.3 Å². The summed E-state index contributed by atoms with van der Waals surface area (Å²) >= 11 is 5.77. The van der Waals surface area contributed by atoms with E-state index in [2.05, 4.69) is 29.5 Å². The van der Waals surface area contributed by atoms with Crippen LogP contribution in [0.2, 0.25) is 5.02 Å². The molecule has 1 aromatic carbocycles. The zero-order chi connectivity index (χ0) is 19.8. The summed E-state index contributed by atoms with van der Waals surface area (Å²) in [5, 5.41) is 5.34. The SMILES string of the molecule is CC(C)c1ccc(NC(=O)COC(=O)CNC(=O)c2cc(Cl)ccn2)cc1. The number of aromatic nitrogens is 1. The molecule has 0 saturated carbocycles. The van der Waals surface area contributed by atoms with Crippen LogP contribution in [0.25, 0.3) is 0 Å². The first-order chi connectivity index (χ1) is 12.8. The van der Waals surface area contributed by atoms with Gasteiger partial charge in [0.2, 0.25) is 0 Å². The molecule has 1 aromatic heterocycles. The van der Waals surface area contributed by atoms with E-state index in [1.165, 1.54) is 18.3 Å². The Hall–Kier alpha value is -2.93. The standard InChI is InChI=1S/C19H20ClN3O4/c1-12(2)13-3-5-15(6-4-13)23-17(24)11-27-18(25)10-22-19(26)16-9-14(20)7-8-21-16/h3-9,12H,10-11H2,1-2H3,(H,22,26)(H,23,24). The van der Waals surface area contributed by atoms with Gasteiger partial charge in [0.15, 0.2) is 6.61 Å². The van der Waals surface area contributed by atoms with Gasteiger partial charge in [-0.25, -0.2) is 0 Å². The third-order valence-electron chi connectivity index (χ3n) is 3.57. The summed E-state index contributed by atoms with van der Waals surface area (Å²) in [6.45, 7) is 3.32. The van der Waals surface area contributed by atoms with Gasteiger partial charge in [0, 0.05) is 16.9 Å². The van der Waals surface area contributed by atoms with E-state index < -0.39 is 24.4 Å². The minimum atomic E-state index is -0.740. The molecule has 2 rings (SSSR count). The second-order valence-corrected chi connectivity index (χ2v) is 6.46. The molecule has 0 bridgehead atoms. The number of amides is 2. The van der Waals surface area contributed by atoms with Crippen molar-refractivity contribution in [2.75, 3.05) is 18.5 Å². The maximum absolute atomic E-state index is 11.8. The number of carbonyl (C=O) groups excluding carboxylic acids is 3. The summed E-state index contributed by atoms with van der Waals surface area (Å²) in [6, 6.07) is 10.3. The third kappa shape index (κ3) is 6.71.